The highest BCUT2D eigenvalue weighted by atomic mass is 32.2. The number of benzene rings is 1. The molecule has 1 amide bonds. The van der Waals surface area contributed by atoms with E-state index in [0.717, 1.165) is 22.5 Å². The van der Waals surface area contributed by atoms with Gasteiger partial charge in [-0.25, -0.2) is 14.3 Å². The summed E-state index contributed by atoms with van der Waals surface area (Å²) in [6.07, 6.45) is -10.3. The fourth-order valence-corrected chi connectivity index (χ4v) is 7.23. The number of amides is 1. The zero-order chi connectivity index (χ0) is 29.6. The molecule has 1 fully saturated rings. The van der Waals surface area contributed by atoms with Crippen LogP contribution in [-0.2, 0) is 26.6 Å². The van der Waals surface area contributed by atoms with E-state index in [2.05, 4.69) is 10.5 Å². The average molecular weight is 604 g/mol. The van der Waals surface area contributed by atoms with Crippen LogP contribution in [0.2, 0.25) is 0 Å². The van der Waals surface area contributed by atoms with Crippen LogP contribution in [0.15, 0.2) is 39.6 Å². The van der Waals surface area contributed by atoms with Crippen molar-refractivity contribution in [3.63, 3.8) is 0 Å². The number of aliphatic hydroxyl groups is 1. The number of rotatable bonds is 6. The van der Waals surface area contributed by atoms with E-state index in [-0.39, 0.29) is 48.1 Å². The molecular weight excluding hydrogens is 580 g/mol. The Morgan fingerprint density at radius 2 is 1.79 bits per heavy atom. The van der Waals surface area contributed by atoms with E-state index >= 15 is 0 Å². The number of primary amides is 1. The standard InChI is InChI=1S/C20H23F6N7O4S2/c1-10-9-32(13-3-2-11(16(30-28)31-29)8-12(13)19(21,22)23)6-7-33(10)39(36,37)15-5-4-14(38-15)18(35,17(27)34)20(24,25)26/h2-5,8,10,35H,6-7,9,28-29H2,1H3,(H2,27,34)(H,30,31). The molecule has 1 saturated heterocycles. The van der Waals surface area contributed by atoms with Gasteiger partial charge in [0.15, 0.2) is 5.84 Å². The molecule has 2 heterocycles. The molecule has 11 nitrogen and oxygen atoms in total. The Labute approximate surface area is 221 Å². The first kappa shape index (κ1) is 30.4. The van der Waals surface area contributed by atoms with E-state index in [1.807, 2.05) is 0 Å². The zero-order valence-electron chi connectivity index (χ0n) is 19.9. The molecule has 2 atom stereocenters. The number of thiophene rings is 1. The molecular formula is C20H23F6N7O4S2. The topological polar surface area (TPSA) is 180 Å². The van der Waals surface area contributed by atoms with E-state index in [9.17, 15) is 44.7 Å². The van der Waals surface area contributed by atoms with Gasteiger partial charge in [-0.3, -0.25) is 4.79 Å². The molecule has 3 rings (SSSR count). The van der Waals surface area contributed by atoms with Gasteiger partial charge in [0.05, 0.1) is 10.4 Å². The van der Waals surface area contributed by atoms with Crippen molar-refractivity contribution in [3.8, 4) is 0 Å². The van der Waals surface area contributed by atoms with E-state index in [4.69, 9.17) is 17.4 Å². The number of hydrazine groups is 1. The predicted octanol–water partition coefficient (Wildman–Crippen LogP) is 0.985. The number of nitrogens with zero attached hydrogens (tertiary/aromatic N) is 3. The number of carbonyl (C=O) groups is 1. The largest absolute Gasteiger partial charge is 0.431 e. The number of carbonyl (C=O) groups excluding carboxylic acids is 1. The smallest absolute Gasteiger partial charge is 0.368 e. The van der Waals surface area contributed by atoms with Crippen LogP contribution in [0.1, 0.15) is 22.9 Å². The summed E-state index contributed by atoms with van der Waals surface area (Å²) in [6, 6.07) is 3.71. The molecule has 1 aromatic heterocycles. The molecule has 2 unspecified atom stereocenters. The number of hydrogen-bond donors (Lipinski definition) is 5. The van der Waals surface area contributed by atoms with Crippen LogP contribution in [0.4, 0.5) is 32.0 Å². The van der Waals surface area contributed by atoms with Crippen molar-refractivity contribution in [3.05, 3.63) is 46.3 Å². The Morgan fingerprint density at radius 1 is 1.15 bits per heavy atom. The third kappa shape index (κ3) is 5.49. The maximum absolute atomic E-state index is 13.9. The van der Waals surface area contributed by atoms with E-state index in [1.165, 1.54) is 17.9 Å². The highest BCUT2D eigenvalue weighted by Gasteiger charge is 2.61. The number of amidine groups is 1. The summed E-state index contributed by atoms with van der Waals surface area (Å²) < 4.78 is 109. The van der Waals surface area contributed by atoms with Gasteiger partial charge in [-0.05, 0) is 37.3 Å². The fourth-order valence-electron chi connectivity index (χ4n) is 4.07. The van der Waals surface area contributed by atoms with Crippen LogP contribution in [0, 0.1) is 0 Å². The first-order valence-electron chi connectivity index (χ1n) is 10.8. The second kappa shape index (κ2) is 10.5. The summed E-state index contributed by atoms with van der Waals surface area (Å²) in [5.41, 5.74) is 1.38. The minimum absolute atomic E-state index is 0.00878. The molecule has 0 bridgehead atoms. The van der Waals surface area contributed by atoms with Crippen molar-refractivity contribution >= 4 is 38.8 Å². The molecule has 0 radical (unpaired) electrons. The van der Waals surface area contributed by atoms with Gasteiger partial charge in [0.25, 0.3) is 21.5 Å². The second-order valence-corrected chi connectivity index (χ2v) is 11.7. The molecule has 0 spiro atoms. The Hall–Kier alpha value is -3.13. The monoisotopic (exact) mass is 603 g/mol. The van der Waals surface area contributed by atoms with Crippen LogP contribution in [0.25, 0.3) is 0 Å². The minimum Gasteiger partial charge on any atom is -0.368 e. The quantitative estimate of drug-likeness (QED) is 0.107. The third-order valence-electron chi connectivity index (χ3n) is 6.02. The van der Waals surface area contributed by atoms with Gasteiger partial charge in [-0.2, -0.15) is 35.7 Å². The summed E-state index contributed by atoms with van der Waals surface area (Å²) in [7, 11) is -4.47. The van der Waals surface area contributed by atoms with Crippen LogP contribution in [0.5, 0.6) is 0 Å². The summed E-state index contributed by atoms with van der Waals surface area (Å²) in [5.74, 6) is 8.03. The highest BCUT2D eigenvalue weighted by molar-refractivity contribution is 7.91. The summed E-state index contributed by atoms with van der Waals surface area (Å²) in [4.78, 5) is 11.7. The van der Waals surface area contributed by atoms with Crippen molar-refractivity contribution in [1.29, 1.82) is 0 Å². The molecule has 1 aromatic carbocycles. The highest BCUT2D eigenvalue weighted by Crippen LogP contribution is 2.43. The van der Waals surface area contributed by atoms with Gasteiger partial charge in [0.1, 0.15) is 4.21 Å². The van der Waals surface area contributed by atoms with E-state index in [1.54, 1.807) is 0 Å². The maximum atomic E-state index is 13.9. The minimum atomic E-state index is -5.52. The normalized spacial score (nSPS) is 19.6. The number of hydrogen-bond acceptors (Lipinski definition) is 9. The number of nitrogens with two attached hydrogens (primary N) is 3. The Bertz CT molecular complexity index is 1380. The van der Waals surface area contributed by atoms with E-state index < -0.39 is 54.6 Å². The van der Waals surface area contributed by atoms with Crippen LogP contribution >= 0.6 is 11.3 Å². The number of alkyl halides is 6. The summed E-state index contributed by atoms with van der Waals surface area (Å²) >= 11 is 0.00878. The summed E-state index contributed by atoms with van der Waals surface area (Å²) in [6.45, 7) is 0.674. The maximum Gasteiger partial charge on any atom is 0.431 e. The van der Waals surface area contributed by atoms with Crippen LogP contribution < -0.4 is 27.7 Å². The second-order valence-electron chi connectivity index (χ2n) is 8.45. The van der Waals surface area contributed by atoms with Crippen LogP contribution in [-0.4, -0.2) is 61.4 Å². The van der Waals surface area contributed by atoms with Gasteiger partial charge in [-0.1, -0.05) is 0 Å². The first-order chi connectivity index (χ1) is 17.9. The molecule has 1 aliphatic heterocycles. The number of hydrazone groups is 1. The molecule has 1 aliphatic rings. The lowest BCUT2D eigenvalue weighted by Crippen LogP contribution is -2.54. The first-order valence-corrected chi connectivity index (χ1v) is 13.1. The number of anilines is 1. The number of halogens is 6. The number of nitrogens with one attached hydrogen (secondary N) is 1. The molecule has 19 heteroatoms. The van der Waals surface area contributed by atoms with Gasteiger partial charge < -0.3 is 27.0 Å². The van der Waals surface area contributed by atoms with Crippen LogP contribution in [0.3, 0.4) is 0 Å². The average Bonchev–Trinajstić information content (AvgIpc) is 3.34. The number of piperazine rings is 1. The zero-order valence-corrected chi connectivity index (χ0v) is 21.5. The SMILES string of the molecule is CC1CN(c2ccc(/C(=N/N)NN)cc2C(F)(F)F)CCN1S(=O)(=O)c1ccc(C(O)(C(N)=O)C(F)(F)F)s1. The lowest BCUT2D eigenvalue weighted by molar-refractivity contribution is -0.254. The predicted molar refractivity (Wildman–Crippen MR) is 129 cm³/mol. The molecule has 0 saturated carbocycles. The van der Waals surface area contributed by atoms with Gasteiger partial charge in [0.2, 0.25) is 0 Å². The molecule has 8 N–H and O–H groups in total. The third-order valence-corrected chi connectivity index (χ3v) is 9.69. The molecule has 216 valence electrons. The van der Waals surface area contributed by atoms with Crippen molar-refractivity contribution in [1.82, 2.24) is 9.73 Å². The Balaban J connectivity index is 1.91. The lowest BCUT2D eigenvalue weighted by atomic mass is 10.0. The fraction of sp³-hybridized carbons (Fsp3) is 0.400. The van der Waals surface area contributed by atoms with Gasteiger partial charge in [0, 0.05) is 36.9 Å². The Morgan fingerprint density at radius 3 is 2.28 bits per heavy atom. The van der Waals surface area contributed by atoms with E-state index in [0.29, 0.717) is 6.07 Å². The lowest BCUT2D eigenvalue weighted by Gasteiger charge is -2.40. The summed E-state index contributed by atoms with van der Waals surface area (Å²) in [5, 5.41) is 13.2. The molecule has 39 heavy (non-hydrogen) atoms. The van der Waals surface area contributed by atoms with Gasteiger partial charge >= 0.3 is 12.4 Å². The van der Waals surface area contributed by atoms with Crippen molar-refractivity contribution in [2.45, 2.75) is 35.1 Å². The molecule has 0 aliphatic carbocycles. The molecule has 2 aromatic rings. The Kier molecular flexibility index (Phi) is 8.15. The van der Waals surface area contributed by atoms with Crippen molar-refractivity contribution < 1.29 is 44.7 Å². The van der Waals surface area contributed by atoms with Gasteiger partial charge in [-0.15, -0.1) is 11.3 Å². The van der Waals surface area contributed by atoms with Crippen molar-refractivity contribution in [2.24, 2.45) is 22.5 Å². The van der Waals surface area contributed by atoms with Crippen molar-refractivity contribution in [2.75, 3.05) is 24.5 Å². The number of sulfonamides is 1.